The second-order valence-corrected chi connectivity index (χ2v) is 6.51. The Morgan fingerprint density at radius 2 is 1.89 bits per heavy atom. The van der Waals surface area contributed by atoms with E-state index in [1.807, 2.05) is 0 Å². The third-order valence-corrected chi connectivity index (χ3v) is 4.83. The van der Waals surface area contributed by atoms with E-state index in [2.05, 4.69) is 0 Å². The van der Waals surface area contributed by atoms with E-state index in [1.54, 1.807) is 0 Å². The predicted molar refractivity (Wildman–Crippen MR) is 60.4 cm³/mol. The lowest BCUT2D eigenvalue weighted by atomic mass is 10.1. The summed E-state index contributed by atoms with van der Waals surface area (Å²) in [5.74, 6) is -2.25. The molecule has 0 radical (unpaired) electrons. The Morgan fingerprint density at radius 1 is 1.33 bits per heavy atom. The van der Waals surface area contributed by atoms with Gasteiger partial charge in [-0.2, -0.15) is 4.31 Å². The summed E-state index contributed by atoms with van der Waals surface area (Å²) in [6, 6.07) is 2.89. The van der Waals surface area contributed by atoms with Gasteiger partial charge in [0.2, 0.25) is 10.0 Å². The van der Waals surface area contributed by atoms with Crippen LogP contribution < -0.4 is 0 Å². The van der Waals surface area contributed by atoms with Crippen LogP contribution in [0.5, 0.6) is 0 Å². The van der Waals surface area contributed by atoms with Crippen LogP contribution in [-0.2, 0) is 10.0 Å². The van der Waals surface area contributed by atoms with Gasteiger partial charge in [0.15, 0.2) is 4.90 Å². The topological polar surface area (TPSA) is 57.6 Å². The molecule has 0 aromatic heterocycles. The molecule has 1 fully saturated rings. The highest BCUT2D eigenvalue weighted by atomic mass is 32.2. The van der Waals surface area contributed by atoms with Crippen molar-refractivity contribution in [2.75, 3.05) is 13.1 Å². The van der Waals surface area contributed by atoms with Crippen LogP contribution in [0.1, 0.15) is 13.3 Å². The number of benzene rings is 1. The zero-order chi connectivity index (χ0) is 13.6. The predicted octanol–water partition coefficient (Wildman–Crippen LogP) is 1.11. The molecule has 100 valence electrons. The monoisotopic (exact) mass is 277 g/mol. The van der Waals surface area contributed by atoms with Crippen LogP contribution in [-0.4, -0.2) is 36.5 Å². The zero-order valence-corrected chi connectivity index (χ0v) is 10.5. The second kappa shape index (κ2) is 4.25. The van der Waals surface area contributed by atoms with Gasteiger partial charge in [-0.3, -0.25) is 0 Å². The van der Waals surface area contributed by atoms with Crippen LogP contribution in [0.3, 0.4) is 0 Å². The molecule has 7 heteroatoms. The van der Waals surface area contributed by atoms with Crippen LogP contribution in [0.4, 0.5) is 8.78 Å². The summed E-state index contributed by atoms with van der Waals surface area (Å²) in [5.41, 5.74) is -1.16. The lowest BCUT2D eigenvalue weighted by Crippen LogP contribution is -2.34. The fourth-order valence-electron chi connectivity index (χ4n) is 1.97. The SMILES string of the molecule is CC1(O)CCN(S(=O)(=O)c2c(F)cccc2F)C1. The van der Waals surface area contributed by atoms with Crippen molar-refractivity contribution in [2.45, 2.75) is 23.8 Å². The van der Waals surface area contributed by atoms with Crippen molar-refractivity contribution in [3.05, 3.63) is 29.8 Å². The van der Waals surface area contributed by atoms with Crippen LogP contribution in [0.2, 0.25) is 0 Å². The van der Waals surface area contributed by atoms with Gasteiger partial charge in [0, 0.05) is 13.1 Å². The third-order valence-electron chi connectivity index (χ3n) is 2.93. The third kappa shape index (κ3) is 2.25. The van der Waals surface area contributed by atoms with Crippen molar-refractivity contribution in [1.82, 2.24) is 4.31 Å². The van der Waals surface area contributed by atoms with E-state index in [1.165, 1.54) is 6.92 Å². The second-order valence-electron chi connectivity index (χ2n) is 4.64. The first kappa shape index (κ1) is 13.4. The van der Waals surface area contributed by atoms with E-state index in [0.29, 0.717) is 0 Å². The molecule has 1 unspecified atom stereocenters. The number of β-amino-alcohol motifs (C(OH)–C–C–N with tert-alkyl or cyclic N) is 1. The molecule has 1 aromatic carbocycles. The van der Waals surface area contributed by atoms with Crippen LogP contribution >= 0.6 is 0 Å². The van der Waals surface area contributed by atoms with Gasteiger partial charge in [-0.1, -0.05) is 6.07 Å². The Balaban J connectivity index is 2.44. The molecule has 18 heavy (non-hydrogen) atoms. The normalized spacial score (nSPS) is 25.6. The molecule has 0 bridgehead atoms. The minimum atomic E-state index is -4.25. The number of nitrogens with zero attached hydrogens (tertiary/aromatic N) is 1. The van der Waals surface area contributed by atoms with Crippen molar-refractivity contribution >= 4 is 10.0 Å². The minimum absolute atomic E-state index is 0.0447. The summed E-state index contributed by atoms with van der Waals surface area (Å²) in [7, 11) is -4.25. The van der Waals surface area contributed by atoms with E-state index >= 15 is 0 Å². The first-order valence-electron chi connectivity index (χ1n) is 5.41. The number of sulfonamides is 1. The molecule has 1 heterocycles. The summed E-state index contributed by atoms with van der Waals surface area (Å²) in [6.07, 6.45) is 0.238. The number of rotatable bonds is 2. The van der Waals surface area contributed by atoms with Gasteiger partial charge in [-0.15, -0.1) is 0 Å². The molecule has 1 aromatic rings. The maximum Gasteiger partial charge on any atom is 0.249 e. The molecule has 1 atom stereocenters. The van der Waals surface area contributed by atoms with E-state index in [9.17, 15) is 22.3 Å². The molecule has 1 aliphatic rings. The van der Waals surface area contributed by atoms with Gasteiger partial charge in [0.25, 0.3) is 0 Å². The highest BCUT2D eigenvalue weighted by Gasteiger charge is 2.40. The Morgan fingerprint density at radius 3 is 2.33 bits per heavy atom. The molecule has 0 saturated carbocycles. The van der Waals surface area contributed by atoms with Crippen molar-refractivity contribution in [1.29, 1.82) is 0 Å². The van der Waals surface area contributed by atoms with Gasteiger partial charge in [-0.25, -0.2) is 17.2 Å². The number of hydrogen-bond acceptors (Lipinski definition) is 3. The first-order chi connectivity index (χ1) is 8.24. The largest absolute Gasteiger partial charge is 0.389 e. The van der Waals surface area contributed by atoms with E-state index in [0.717, 1.165) is 22.5 Å². The molecule has 2 rings (SSSR count). The Kier molecular flexibility index (Phi) is 3.16. The lowest BCUT2D eigenvalue weighted by Gasteiger charge is -2.19. The van der Waals surface area contributed by atoms with Crippen LogP contribution in [0, 0.1) is 11.6 Å². The molecule has 1 saturated heterocycles. The highest BCUT2D eigenvalue weighted by Crippen LogP contribution is 2.29. The minimum Gasteiger partial charge on any atom is -0.389 e. The van der Waals surface area contributed by atoms with Gasteiger partial charge in [-0.05, 0) is 25.5 Å². The highest BCUT2D eigenvalue weighted by molar-refractivity contribution is 7.89. The first-order valence-corrected chi connectivity index (χ1v) is 6.85. The Bertz CT molecular complexity index is 551. The molecule has 0 amide bonds. The number of hydrogen-bond donors (Lipinski definition) is 1. The maximum atomic E-state index is 13.5. The zero-order valence-electron chi connectivity index (χ0n) is 9.73. The van der Waals surface area contributed by atoms with Gasteiger partial charge in [0.1, 0.15) is 11.6 Å². The van der Waals surface area contributed by atoms with Gasteiger partial charge < -0.3 is 5.11 Å². The van der Waals surface area contributed by atoms with Crippen LogP contribution in [0.25, 0.3) is 0 Å². The quantitative estimate of drug-likeness (QED) is 0.881. The molecular weight excluding hydrogens is 264 g/mol. The molecule has 1 aliphatic heterocycles. The average molecular weight is 277 g/mol. The van der Waals surface area contributed by atoms with Gasteiger partial charge in [0.05, 0.1) is 5.60 Å². The fraction of sp³-hybridized carbons (Fsp3) is 0.455. The van der Waals surface area contributed by atoms with Crippen molar-refractivity contribution in [3.63, 3.8) is 0 Å². The summed E-state index contributed by atoms with van der Waals surface area (Å²) < 4.78 is 52.1. The molecular formula is C11H13F2NO3S. The van der Waals surface area contributed by atoms with Crippen molar-refractivity contribution in [3.8, 4) is 0 Å². The smallest absolute Gasteiger partial charge is 0.249 e. The van der Waals surface area contributed by atoms with Crippen molar-refractivity contribution < 1.29 is 22.3 Å². The Labute approximate surface area is 104 Å². The standard InChI is InChI=1S/C11H13F2NO3S/c1-11(15)5-6-14(7-11)18(16,17)10-8(12)3-2-4-9(10)13/h2-4,15H,5-7H2,1H3. The summed E-state index contributed by atoms with van der Waals surface area (Å²) in [4.78, 5) is -0.956. The van der Waals surface area contributed by atoms with Gasteiger partial charge >= 0.3 is 0 Å². The molecule has 0 aliphatic carbocycles. The van der Waals surface area contributed by atoms with E-state index < -0.39 is 32.2 Å². The summed E-state index contributed by atoms with van der Waals surface area (Å²) in [5, 5.41) is 9.72. The molecule has 0 spiro atoms. The summed E-state index contributed by atoms with van der Waals surface area (Å²) >= 11 is 0. The van der Waals surface area contributed by atoms with Crippen molar-refractivity contribution in [2.24, 2.45) is 0 Å². The fourth-order valence-corrected chi connectivity index (χ4v) is 3.63. The average Bonchev–Trinajstić information content (AvgIpc) is 2.59. The number of halogens is 2. The van der Waals surface area contributed by atoms with E-state index in [4.69, 9.17) is 0 Å². The van der Waals surface area contributed by atoms with E-state index in [-0.39, 0.29) is 19.5 Å². The Hall–Kier alpha value is -1.05. The van der Waals surface area contributed by atoms with Crippen LogP contribution in [0.15, 0.2) is 23.1 Å². The number of aliphatic hydroxyl groups is 1. The lowest BCUT2D eigenvalue weighted by molar-refractivity contribution is 0.0762. The maximum absolute atomic E-state index is 13.5. The molecule has 1 N–H and O–H groups in total. The summed E-state index contributed by atoms with van der Waals surface area (Å²) in [6.45, 7) is 1.37. The molecule has 4 nitrogen and oxygen atoms in total.